The summed E-state index contributed by atoms with van der Waals surface area (Å²) in [6.45, 7) is 3.47. The minimum absolute atomic E-state index is 0.504. The maximum Gasteiger partial charge on any atom is 0.262 e. The van der Waals surface area contributed by atoms with Crippen molar-refractivity contribution in [3.05, 3.63) is 48.2 Å². The van der Waals surface area contributed by atoms with Crippen LogP contribution in [-0.4, -0.2) is 18.6 Å². The van der Waals surface area contributed by atoms with Crippen LogP contribution in [0.15, 0.2) is 42.6 Å². The monoisotopic (exact) mass is 272 g/mol. The molecule has 0 amide bonds. The second-order valence-electron chi connectivity index (χ2n) is 4.40. The Balaban J connectivity index is 2.21. The van der Waals surface area contributed by atoms with Gasteiger partial charge in [0, 0.05) is 18.3 Å². The van der Waals surface area contributed by atoms with Crippen LogP contribution in [-0.2, 0) is 6.54 Å². The highest BCUT2D eigenvalue weighted by molar-refractivity contribution is 5.40. The van der Waals surface area contributed by atoms with Crippen molar-refractivity contribution in [1.82, 2.24) is 10.3 Å². The molecule has 0 aliphatic heterocycles. The van der Waals surface area contributed by atoms with Crippen molar-refractivity contribution in [2.75, 3.05) is 13.7 Å². The second-order valence-corrected chi connectivity index (χ2v) is 4.40. The lowest BCUT2D eigenvalue weighted by Crippen LogP contribution is -2.06. The molecule has 0 bridgehead atoms. The first-order chi connectivity index (χ1) is 9.85. The molecule has 0 saturated carbocycles. The van der Waals surface area contributed by atoms with E-state index in [2.05, 4.69) is 17.2 Å². The van der Waals surface area contributed by atoms with E-state index >= 15 is 0 Å². The molecule has 4 nitrogen and oxygen atoms in total. The molecule has 0 aliphatic carbocycles. The molecule has 4 heteroatoms. The van der Waals surface area contributed by atoms with Gasteiger partial charge in [-0.3, -0.25) is 0 Å². The standard InChI is InChI=1S/C16H20N2O2/c1-3-11-19-15-9-6-10-18-16(15)20-14-8-5-4-7-13(14)12-17-2/h4-10,17H,3,11-12H2,1-2H3. The minimum Gasteiger partial charge on any atom is -0.488 e. The van der Waals surface area contributed by atoms with Crippen molar-refractivity contribution in [1.29, 1.82) is 0 Å². The van der Waals surface area contributed by atoms with Crippen LogP contribution in [0.4, 0.5) is 0 Å². The van der Waals surface area contributed by atoms with Gasteiger partial charge in [0.1, 0.15) is 5.75 Å². The molecule has 1 aromatic heterocycles. The highest BCUT2D eigenvalue weighted by Crippen LogP contribution is 2.30. The first kappa shape index (κ1) is 14.3. The summed E-state index contributed by atoms with van der Waals surface area (Å²) >= 11 is 0. The Morgan fingerprint density at radius 3 is 2.70 bits per heavy atom. The van der Waals surface area contributed by atoms with E-state index in [4.69, 9.17) is 9.47 Å². The van der Waals surface area contributed by atoms with E-state index in [-0.39, 0.29) is 0 Å². The van der Waals surface area contributed by atoms with Gasteiger partial charge in [-0.1, -0.05) is 25.1 Å². The fourth-order valence-electron chi connectivity index (χ4n) is 1.82. The van der Waals surface area contributed by atoms with E-state index in [0.717, 1.165) is 24.3 Å². The number of hydrogen-bond donors (Lipinski definition) is 1. The molecule has 0 radical (unpaired) electrons. The number of ether oxygens (including phenoxy) is 2. The largest absolute Gasteiger partial charge is 0.488 e. The van der Waals surface area contributed by atoms with E-state index in [1.807, 2.05) is 43.4 Å². The summed E-state index contributed by atoms with van der Waals surface area (Å²) in [4.78, 5) is 4.26. The van der Waals surface area contributed by atoms with E-state index < -0.39 is 0 Å². The number of para-hydroxylation sites is 1. The van der Waals surface area contributed by atoms with Crippen LogP contribution in [0.2, 0.25) is 0 Å². The number of nitrogens with zero attached hydrogens (tertiary/aromatic N) is 1. The third kappa shape index (κ3) is 3.71. The summed E-state index contributed by atoms with van der Waals surface area (Å²) in [5, 5.41) is 3.13. The zero-order valence-corrected chi connectivity index (χ0v) is 11.9. The first-order valence-corrected chi connectivity index (χ1v) is 6.83. The molecule has 2 aromatic rings. The quantitative estimate of drug-likeness (QED) is 0.839. The van der Waals surface area contributed by atoms with Gasteiger partial charge in [0.2, 0.25) is 0 Å². The Bertz CT molecular complexity index is 544. The topological polar surface area (TPSA) is 43.4 Å². The summed E-state index contributed by atoms with van der Waals surface area (Å²) in [6.07, 6.45) is 2.65. The number of hydrogen-bond acceptors (Lipinski definition) is 4. The van der Waals surface area contributed by atoms with E-state index in [9.17, 15) is 0 Å². The van der Waals surface area contributed by atoms with Gasteiger partial charge in [0.25, 0.3) is 5.88 Å². The molecule has 1 heterocycles. The Morgan fingerprint density at radius 1 is 1.10 bits per heavy atom. The zero-order chi connectivity index (χ0) is 14.2. The fourth-order valence-corrected chi connectivity index (χ4v) is 1.82. The van der Waals surface area contributed by atoms with Gasteiger partial charge in [-0.15, -0.1) is 0 Å². The lowest BCUT2D eigenvalue weighted by Gasteiger charge is -2.13. The van der Waals surface area contributed by atoms with Crippen LogP contribution in [0, 0.1) is 0 Å². The molecule has 0 spiro atoms. The summed E-state index contributed by atoms with van der Waals surface area (Å²) in [7, 11) is 1.91. The molecule has 2 rings (SSSR count). The Labute approximate surface area is 119 Å². The molecule has 0 aliphatic rings. The van der Waals surface area contributed by atoms with Crippen LogP contribution in [0.25, 0.3) is 0 Å². The molecule has 0 saturated heterocycles. The number of aromatic nitrogens is 1. The van der Waals surface area contributed by atoms with Gasteiger partial charge in [0.05, 0.1) is 6.61 Å². The number of rotatable bonds is 7. The van der Waals surface area contributed by atoms with Crippen LogP contribution in [0.3, 0.4) is 0 Å². The van der Waals surface area contributed by atoms with Crippen molar-refractivity contribution in [2.45, 2.75) is 19.9 Å². The normalized spacial score (nSPS) is 10.3. The van der Waals surface area contributed by atoms with E-state index in [1.165, 1.54) is 0 Å². The van der Waals surface area contributed by atoms with Gasteiger partial charge < -0.3 is 14.8 Å². The molecule has 20 heavy (non-hydrogen) atoms. The number of nitrogens with one attached hydrogen (secondary N) is 1. The molecule has 0 atom stereocenters. The average molecular weight is 272 g/mol. The third-order valence-corrected chi connectivity index (χ3v) is 2.74. The summed E-state index contributed by atoms with van der Waals surface area (Å²) in [5.41, 5.74) is 1.09. The molecule has 106 valence electrons. The van der Waals surface area contributed by atoms with Crippen molar-refractivity contribution in [3.8, 4) is 17.4 Å². The van der Waals surface area contributed by atoms with Crippen LogP contribution in [0.1, 0.15) is 18.9 Å². The van der Waals surface area contributed by atoms with E-state index in [0.29, 0.717) is 18.2 Å². The van der Waals surface area contributed by atoms with Gasteiger partial charge in [0.15, 0.2) is 5.75 Å². The summed E-state index contributed by atoms with van der Waals surface area (Å²) in [6, 6.07) is 11.6. The molecular weight excluding hydrogens is 252 g/mol. The summed E-state index contributed by atoms with van der Waals surface area (Å²) < 4.78 is 11.6. The molecule has 1 N–H and O–H groups in total. The Morgan fingerprint density at radius 2 is 1.90 bits per heavy atom. The van der Waals surface area contributed by atoms with Crippen molar-refractivity contribution in [3.63, 3.8) is 0 Å². The zero-order valence-electron chi connectivity index (χ0n) is 11.9. The molecule has 0 fully saturated rings. The predicted molar refractivity (Wildman–Crippen MR) is 79.3 cm³/mol. The number of benzene rings is 1. The van der Waals surface area contributed by atoms with Gasteiger partial charge in [-0.2, -0.15) is 0 Å². The third-order valence-electron chi connectivity index (χ3n) is 2.74. The predicted octanol–water partition coefficient (Wildman–Crippen LogP) is 3.38. The van der Waals surface area contributed by atoms with Crippen LogP contribution < -0.4 is 14.8 Å². The Hall–Kier alpha value is -2.07. The van der Waals surface area contributed by atoms with Gasteiger partial charge in [-0.25, -0.2) is 4.98 Å². The van der Waals surface area contributed by atoms with Crippen molar-refractivity contribution >= 4 is 0 Å². The molecule has 0 unspecified atom stereocenters. The van der Waals surface area contributed by atoms with Crippen molar-refractivity contribution in [2.24, 2.45) is 0 Å². The van der Waals surface area contributed by atoms with Gasteiger partial charge >= 0.3 is 0 Å². The van der Waals surface area contributed by atoms with Crippen molar-refractivity contribution < 1.29 is 9.47 Å². The first-order valence-electron chi connectivity index (χ1n) is 6.83. The highest BCUT2D eigenvalue weighted by atomic mass is 16.5. The smallest absolute Gasteiger partial charge is 0.262 e. The lowest BCUT2D eigenvalue weighted by molar-refractivity contribution is 0.297. The van der Waals surface area contributed by atoms with Crippen LogP contribution in [0.5, 0.6) is 17.4 Å². The second kappa shape index (κ2) is 7.50. The minimum atomic E-state index is 0.504. The lowest BCUT2D eigenvalue weighted by atomic mass is 10.2. The molecule has 1 aromatic carbocycles. The molecular formula is C16H20N2O2. The van der Waals surface area contributed by atoms with E-state index in [1.54, 1.807) is 6.20 Å². The highest BCUT2D eigenvalue weighted by Gasteiger charge is 2.09. The summed E-state index contributed by atoms with van der Waals surface area (Å²) in [5.74, 6) is 1.97. The fraction of sp³-hybridized carbons (Fsp3) is 0.312. The maximum absolute atomic E-state index is 5.91. The van der Waals surface area contributed by atoms with Crippen LogP contribution >= 0.6 is 0 Å². The average Bonchev–Trinajstić information content (AvgIpc) is 2.49. The van der Waals surface area contributed by atoms with Gasteiger partial charge in [-0.05, 0) is 31.7 Å². The Kier molecular flexibility index (Phi) is 5.38. The maximum atomic E-state index is 5.91. The number of pyridine rings is 1. The SMILES string of the molecule is CCCOc1cccnc1Oc1ccccc1CNC.